The summed E-state index contributed by atoms with van der Waals surface area (Å²) in [5, 5.41) is 8.31. The molecule has 0 radical (unpaired) electrons. The van der Waals surface area contributed by atoms with Gasteiger partial charge in [-0.1, -0.05) is 0 Å². The molecule has 1 rings (SSSR count). The van der Waals surface area contributed by atoms with Gasteiger partial charge in [-0.3, -0.25) is 4.98 Å². The molecular weight excluding hydrogens is 266 g/mol. The SMILES string of the molecule is N#CCc1ncc(C(F)F)c(F)c1OC(F)(F)F. The summed E-state index contributed by atoms with van der Waals surface area (Å²) < 4.78 is 77.2. The number of halogens is 6. The van der Waals surface area contributed by atoms with E-state index in [0.717, 1.165) is 0 Å². The summed E-state index contributed by atoms with van der Waals surface area (Å²) in [6.45, 7) is 0. The normalized spacial score (nSPS) is 11.4. The van der Waals surface area contributed by atoms with Crippen molar-refractivity contribution in [2.24, 2.45) is 0 Å². The van der Waals surface area contributed by atoms with E-state index in [1.807, 2.05) is 0 Å². The fourth-order valence-electron chi connectivity index (χ4n) is 1.09. The Balaban J connectivity index is 3.32. The van der Waals surface area contributed by atoms with Crippen molar-refractivity contribution in [3.05, 3.63) is 23.3 Å². The standard InChI is InChI=1S/C9H4F6N2O/c10-6-4(8(11)12)3-17-5(1-2-16)7(6)18-9(13,14)15/h3,8H,1H2. The predicted octanol–water partition coefficient (Wildman–Crippen LogP) is 3.12. The van der Waals surface area contributed by atoms with Crippen LogP contribution in [0, 0.1) is 17.1 Å². The summed E-state index contributed by atoms with van der Waals surface area (Å²) in [4.78, 5) is 3.17. The Morgan fingerprint density at radius 2 is 2.00 bits per heavy atom. The largest absolute Gasteiger partial charge is 0.573 e. The molecule has 0 saturated heterocycles. The summed E-state index contributed by atoms with van der Waals surface area (Å²) in [6, 6.07) is 1.42. The molecule has 0 amide bonds. The molecule has 3 nitrogen and oxygen atoms in total. The van der Waals surface area contributed by atoms with Crippen LogP contribution in [0.2, 0.25) is 0 Å². The first-order chi connectivity index (χ1) is 8.26. The fourth-order valence-corrected chi connectivity index (χ4v) is 1.09. The van der Waals surface area contributed by atoms with Gasteiger partial charge in [-0.15, -0.1) is 13.2 Å². The van der Waals surface area contributed by atoms with Crippen LogP contribution >= 0.6 is 0 Å². The number of rotatable bonds is 3. The summed E-state index contributed by atoms with van der Waals surface area (Å²) in [7, 11) is 0. The van der Waals surface area contributed by atoms with E-state index in [9.17, 15) is 26.3 Å². The van der Waals surface area contributed by atoms with E-state index < -0.39 is 42.0 Å². The fraction of sp³-hybridized carbons (Fsp3) is 0.333. The molecule has 0 aliphatic rings. The second-order valence-corrected chi connectivity index (χ2v) is 2.99. The average molecular weight is 270 g/mol. The minimum Gasteiger partial charge on any atom is -0.401 e. The number of nitriles is 1. The van der Waals surface area contributed by atoms with Crippen LogP contribution < -0.4 is 4.74 Å². The molecule has 0 aromatic carbocycles. The molecular formula is C9H4F6N2O. The number of pyridine rings is 1. The van der Waals surface area contributed by atoms with Crippen molar-refractivity contribution in [2.75, 3.05) is 0 Å². The molecule has 0 aliphatic carbocycles. The lowest BCUT2D eigenvalue weighted by molar-refractivity contribution is -0.276. The third kappa shape index (κ3) is 3.26. The van der Waals surface area contributed by atoms with Gasteiger partial charge in [-0.05, 0) is 0 Å². The van der Waals surface area contributed by atoms with Gasteiger partial charge in [-0.2, -0.15) is 5.26 Å². The van der Waals surface area contributed by atoms with Gasteiger partial charge >= 0.3 is 6.36 Å². The lowest BCUT2D eigenvalue weighted by Crippen LogP contribution is -2.20. The summed E-state index contributed by atoms with van der Waals surface area (Å²) in [6.07, 6.45) is -8.95. The zero-order chi connectivity index (χ0) is 13.9. The van der Waals surface area contributed by atoms with E-state index in [4.69, 9.17) is 5.26 Å². The van der Waals surface area contributed by atoms with Crippen LogP contribution in [0.1, 0.15) is 17.7 Å². The zero-order valence-corrected chi connectivity index (χ0v) is 8.43. The van der Waals surface area contributed by atoms with Crippen LogP contribution in [0.4, 0.5) is 26.3 Å². The predicted molar refractivity (Wildman–Crippen MR) is 45.2 cm³/mol. The first-order valence-electron chi connectivity index (χ1n) is 4.34. The van der Waals surface area contributed by atoms with Crippen LogP contribution in [-0.2, 0) is 6.42 Å². The highest BCUT2D eigenvalue weighted by Crippen LogP contribution is 2.33. The number of aromatic nitrogens is 1. The molecule has 0 atom stereocenters. The van der Waals surface area contributed by atoms with Crippen molar-refractivity contribution >= 4 is 0 Å². The molecule has 0 saturated carbocycles. The molecule has 9 heteroatoms. The van der Waals surface area contributed by atoms with Gasteiger partial charge in [0.05, 0.1) is 23.7 Å². The molecule has 0 unspecified atom stereocenters. The van der Waals surface area contributed by atoms with Crippen molar-refractivity contribution in [3.8, 4) is 11.8 Å². The van der Waals surface area contributed by atoms with E-state index in [1.165, 1.54) is 6.07 Å². The molecule has 98 valence electrons. The van der Waals surface area contributed by atoms with E-state index >= 15 is 0 Å². The highest BCUT2D eigenvalue weighted by molar-refractivity contribution is 5.36. The van der Waals surface area contributed by atoms with E-state index in [0.29, 0.717) is 6.20 Å². The average Bonchev–Trinajstić information content (AvgIpc) is 2.21. The Morgan fingerprint density at radius 3 is 2.44 bits per heavy atom. The van der Waals surface area contributed by atoms with Gasteiger partial charge in [0.2, 0.25) is 0 Å². The van der Waals surface area contributed by atoms with Crippen LogP contribution in [-0.4, -0.2) is 11.3 Å². The van der Waals surface area contributed by atoms with Crippen LogP contribution in [0.25, 0.3) is 0 Å². The monoisotopic (exact) mass is 270 g/mol. The maximum Gasteiger partial charge on any atom is 0.573 e. The lowest BCUT2D eigenvalue weighted by Gasteiger charge is -2.13. The van der Waals surface area contributed by atoms with Crippen molar-refractivity contribution in [1.29, 1.82) is 5.26 Å². The van der Waals surface area contributed by atoms with Crippen molar-refractivity contribution in [2.45, 2.75) is 19.2 Å². The van der Waals surface area contributed by atoms with Gasteiger partial charge in [0.1, 0.15) is 0 Å². The topological polar surface area (TPSA) is 45.9 Å². The molecule has 0 aliphatic heterocycles. The molecule has 18 heavy (non-hydrogen) atoms. The molecule has 0 N–H and O–H groups in total. The van der Waals surface area contributed by atoms with Crippen LogP contribution in [0.3, 0.4) is 0 Å². The van der Waals surface area contributed by atoms with Crippen molar-refractivity contribution in [3.63, 3.8) is 0 Å². The molecule has 1 aromatic heterocycles. The van der Waals surface area contributed by atoms with E-state index in [-0.39, 0.29) is 0 Å². The number of nitrogens with zero attached hydrogens (tertiary/aromatic N) is 2. The Hall–Kier alpha value is -1.98. The molecule has 1 heterocycles. The van der Waals surface area contributed by atoms with Crippen molar-refractivity contribution < 1.29 is 31.1 Å². The number of alkyl halides is 5. The van der Waals surface area contributed by atoms with Gasteiger partial charge in [0.25, 0.3) is 6.43 Å². The third-order valence-corrected chi connectivity index (χ3v) is 1.77. The summed E-state index contributed by atoms with van der Waals surface area (Å²) >= 11 is 0. The minimum absolute atomic E-state index is 0.371. The molecule has 0 bridgehead atoms. The van der Waals surface area contributed by atoms with Gasteiger partial charge < -0.3 is 4.74 Å². The third-order valence-electron chi connectivity index (χ3n) is 1.77. The first kappa shape index (κ1) is 14.1. The quantitative estimate of drug-likeness (QED) is 0.793. The second-order valence-electron chi connectivity index (χ2n) is 2.99. The zero-order valence-electron chi connectivity index (χ0n) is 8.43. The van der Waals surface area contributed by atoms with Crippen LogP contribution in [0.5, 0.6) is 5.75 Å². The number of ether oxygens (including phenoxy) is 1. The van der Waals surface area contributed by atoms with E-state index in [2.05, 4.69) is 9.72 Å². The van der Waals surface area contributed by atoms with Crippen LogP contribution in [0.15, 0.2) is 6.20 Å². The first-order valence-corrected chi connectivity index (χ1v) is 4.34. The summed E-state index contributed by atoms with van der Waals surface area (Å²) in [5.74, 6) is -3.37. The highest BCUT2D eigenvalue weighted by Gasteiger charge is 2.35. The molecule has 0 fully saturated rings. The van der Waals surface area contributed by atoms with Gasteiger partial charge in [0.15, 0.2) is 11.6 Å². The van der Waals surface area contributed by atoms with E-state index in [1.54, 1.807) is 0 Å². The Bertz CT molecular complexity index is 479. The smallest absolute Gasteiger partial charge is 0.401 e. The summed E-state index contributed by atoms with van der Waals surface area (Å²) in [5.41, 5.74) is -2.02. The number of hydrogen-bond acceptors (Lipinski definition) is 3. The molecule has 0 spiro atoms. The van der Waals surface area contributed by atoms with Gasteiger partial charge in [-0.25, -0.2) is 13.2 Å². The lowest BCUT2D eigenvalue weighted by atomic mass is 10.2. The Morgan fingerprint density at radius 1 is 1.39 bits per heavy atom. The maximum atomic E-state index is 13.4. The maximum absolute atomic E-state index is 13.4. The Kier molecular flexibility index (Phi) is 4.00. The minimum atomic E-state index is -5.27. The second kappa shape index (κ2) is 5.12. The van der Waals surface area contributed by atoms with Gasteiger partial charge in [0, 0.05) is 6.20 Å². The highest BCUT2D eigenvalue weighted by atomic mass is 19.4. The number of hydrogen-bond donors (Lipinski definition) is 0. The molecule has 1 aromatic rings. The van der Waals surface area contributed by atoms with Crippen molar-refractivity contribution in [1.82, 2.24) is 4.98 Å². The Labute approximate surface area is 96.6 Å².